The van der Waals surface area contributed by atoms with Crippen LogP contribution in [-0.2, 0) is 13.0 Å². The number of nitrogens with zero attached hydrogens (tertiary/aromatic N) is 1. The second-order valence-electron chi connectivity index (χ2n) is 5.64. The standard InChI is InChI=1S/C16H16BN3O5/c18-8-9-4-5-19-12(6-9)15(21)20-13-7-10-2-1-3-11(16(22)23)14(10)25-17(13)24/h1-6,13,24H,7-8,18H2,(H,20,21)(H,22,23). The number of hydrogen-bond acceptors (Lipinski definition) is 6. The number of aromatic carboxylic acids is 1. The van der Waals surface area contributed by atoms with E-state index in [9.17, 15) is 19.7 Å². The third kappa shape index (κ3) is 3.47. The molecule has 1 aromatic heterocycles. The monoisotopic (exact) mass is 341 g/mol. The van der Waals surface area contributed by atoms with Gasteiger partial charge in [-0.1, -0.05) is 12.1 Å². The van der Waals surface area contributed by atoms with E-state index < -0.39 is 24.9 Å². The fourth-order valence-electron chi connectivity index (χ4n) is 2.68. The van der Waals surface area contributed by atoms with Crippen molar-refractivity contribution in [1.82, 2.24) is 10.3 Å². The van der Waals surface area contributed by atoms with E-state index in [4.69, 9.17) is 10.4 Å². The minimum absolute atomic E-state index is 0.0290. The molecular formula is C16H16BN3O5. The molecule has 2 heterocycles. The lowest BCUT2D eigenvalue weighted by Gasteiger charge is -2.28. The number of carboxylic acids is 1. The maximum absolute atomic E-state index is 12.3. The normalized spacial score (nSPS) is 15.9. The number of carboxylic acid groups (broad SMARTS) is 1. The van der Waals surface area contributed by atoms with E-state index in [2.05, 4.69) is 10.3 Å². The Morgan fingerprint density at radius 2 is 2.20 bits per heavy atom. The Bertz CT molecular complexity index is 829. The van der Waals surface area contributed by atoms with Gasteiger partial charge in [-0.05, 0) is 35.7 Å². The Balaban J connectivity index is 1.79. The van der Waals surface area contributed by atoms with Crippen LogP contribution in [0, 0.1) is 0 Å². The van der Waals surface area contributed by atoms with Crippen molar-refractivity contribution in [1.29, 1.82) is 0 Å². The van der Waals surface area contributed by atoms with Crippen molar-refractivity contribution in [3.63, 3.8) is 0 Å². The summed E-state index contributed by atoms with van der Waals surface area (Å²) >= 11 is 0. The van der Waals surface area contributed by atoms with Gasteiger partial charge in [0.2, 0.25) is 0 Å². The van der Waals surface area contributed by atoms with Crippen LogP contribution in [0.2, 0.25) is 0 Å². The zero-order valence-electron chi connectivity index (χ0n) is 13.2. The molecule has 0 radical (unpaired) electrons. The molecular weight excluding hydrogens is 325 g/mol. The van der Waals surface area contributed by atoms with Crippen molar-refractivity contribution in [2.45, 2.75) is 18.9 Å². The number of pyridine rings is 1. The molecule has 0 saturated carbocycles. The highest BCUT2D eigenvalue weighted by molar-refractivity contribution is 6.47. The second kappa shape index (κ2) is 6.92. The van der Waals surface area contributed by atoms with Crippen molar-refractivity contribution in [2.75, 3.05) is 0 Å². The minimum Gasteiger partial charge on any atom is -0.534 e. The van der Waals surface area contributed by atoms with Crippen LogP contribution in [0.15, 0.2) is 36.5 Å². The van der Waals surface area contributed by atoms with Gasteiger partial charge in [0.05, 0.1) is 11.5 Å². The van der Waals surface area contributed by atoms with E-state index in [0.29, 0.717) is 5.56 Å². The molecule has 25 heavy (non-hydrogen) atoms. The highest BCUT2D eigenvalue weighted by atomic mass is 16.5. The number of hydrogen-bond donors (Lipinski definition) is 4. The molecule has 0 aliphatic carbocycles. The Labute approximate surface area is 143 Å². The van der Waals surface area contributed by atoms with Crippen LogP contribution in [-0.4, -0.2) is 40.1 Å². The quantitative estimate of drug-likeness (QED) is 0.575. The smallest absolute Gasteiger partial charge is 0.534 e. The molecule has 0 spiro atoms. The minimum atomic E-state index is -1.37. The van der Waals surface area contributed by atoms with Crippen LogP contribution < -0.4 is 15.7 Å². The number of para-hydroxylation sites is 1. The molecule has 1 amide bonds. The molecule has 1 aliphatic heterocycles. The lowest BCUT2D eigenvalue weighted by Crippen LogP contribution is -2.53. The first-order valence-corrected chi connectivity index (χ1v) is 7.65. The number of rotatable bonds is 4. The van der Waals surface area contributed by atoms with Gasteiger partial charge in [-0.2, -0.15) is 0 Å². The SMILES string of the molecule is NCc1ccnc(C(=O)NC2Cc3cccc(C(=O)O)c3OB2O)c1. The van der Waals surface area contributed by atoms with Crippen molar-refractivity contribution >= 4 is 19.0 Å². The van der Waals surface area contributed by atoms with Crippen molar-refractivity contribution < 1.29 is 24.4 Å². The third-order valence-electron chi connectivity index (χ3n) is 3.96. The lowest BCUT2D eigenvalue weighted by atomic mass is 9.72. The molecule has 3 rings (SSSR count). The maximum atomic E-state index is 12.3. The molecule has 0 fully saturated rings. The zero-order chi connectivity index (χ0) is 18.0. The summed E-state index contributed by atoms with van der Waals surface area (Å²) in [4.78, 5) is 27.6. The summed E-state index contributed by atoms with van der Waals surface area (Å²) in [6, 6.07) is 7.96. The van der Waals surface area contributed by atoms with Gasteiger partial charge in [-0.3, -0.25) is 9.78 Å². The van der Waals surface area contributed by atoms with Crippen LogP contribution in [0.3, 0.4) is 0 Å². The summed E-state index contributed by atoms with van der Waals surface area (Å²) in [5.41, 5.74) is 7.06. The first kappa shape index (κ1) is 16.9. The van der Waals surface area contributed by atoms with Crippen LogP contribution in [0.4, 0.5) is 0 Å². The molecule has 1 unspecified atom stereocenters. The van der Waals surface area contributed by atoms with E-state index in [1.165, 1.54) is 12.3 Å². The van der Waals surface area contributed by atoms with E-state index in [1.807, 2.05) is 0 Å². The number of aromatic nitrogens is 1. The summed E-state index contributed by atoms with van der Waals surface area (Å²) < 4.78 is 5.34. The zero-order valence-corrected chi connectivity index (χ0v) is 13.2. The predicted octanol–water partition coefficient (Wildman–Crippen LogP) is -0.00830. The first-order valence-electron chi connectivity index (χ1n) is 7.65. The average molecular weight is 341 g/mol. The summed E-state index contributed by atoms with van der Waals surface area (Å²) in [5, 5.41) is 22.0. The summed E-state index contributed by atoms with van der Waals surface area (Å²) in [5.74, 6) is -2.22. The van der Waals surface area contributed by atoms with Crippen LogP contribution in [0.25, 0.3) is 0 Å². The van der Waals surface area contributed by atoms with Gasteiger partial charge < -0.3 is 25.8 Å². The van der Waals surface area contributed by atoms with Crippen molar-refractivity contribution in [3.8, 4) is 5.75 Å². The number of nitrogens with two attached hydrogens (primary N) is 1. The number of amides is 1. The number of fused-ring (bicyclic) bond motifs is 1. The van der Waals surface area contributed by atoms with Crippen molar-refractivity contribution in [2.24, 2.45) is 5.73 Å². The third-order valence-corrected chi connectivity index (χ3v) is 3.96. The molecule has 1 aliphatic rings. The first-order chi connectivity index (χ1) is 12.0. The Hall–Kier alpha value is -2.91. The van der Waals surface area contributed by atoms with E-state index in [-0.39, 0.29) is 30.0 Å². The molecule has 2 aromatic rings. The van der Waals surface area contributed by atoms with E-state index >= 15 is 0 Å². The summed E-state index contributed by atoms with van der Waals surface area (Å²) in [6.07, 6.45) is 1.72. The molecule has 9 heteroatoms. The number of benzene rings is 1. The van der Waals surface area contributed by atoms with E-state index in [1.54, 1.807) is 24.3 Å². The largest absolute Gasteiger partial charge is 0.547 e. The molecule has 0 bridgehead atoms. The van der Waals surface area contributed by atoms with Gasteiger partial charge in [0.1, 0.15) is 11.4 Å². The van der Waals surface area contributed by atoms with Crippen molar-refractivity contribution in [3.05, 3.63) is 58.9 Å². The van der Waals surface area contributed by atoms with Crippen LogP contribution in [0.5, 0.6) is 5.75 Å². The fourth-order valence-corrected chi connectivity index (χ4v) is 2.68. The summed E-state index contributed by atoms with van der Waals surface area (Å²) in [7, 11) is -1.37. The predicted molar refractivity (Wildman–Crippen MR) is 89.1 cm³/mol. The maximum Gasteiger partial charge on any atom is 0.547 e. The van der Waals surface area contributed by atoms with Gasteiger partial charge in [0, 0.05) is 12.7 Å². The highest BCUT2D eigenvalue weighted by Gasteiger charge is 2.38. The molecule has 1 atom stereocenters. The van der Waals surface area contributed by atoms with E-state index in [0.717, 1.165) is 5.56 Å². The molecule has 8 nitrogen and oxygen atoms in total. The Kier molecular flexibility index (Phi) is 4.69. The van der Waals surface area contributed by atoms with Gasteiger partial charge >= 0.3 is 13.1 Å². The molecule has 128 valence electrons. The Morgan fingerprint density at radius 3 is 2.92 bits per heavy atom. The second-order valence-corrected chi connectivity index (χ2v) is 5.64. The number of carbonyl (C=O) groups is 2. The summed E-state index contributed by atoms with van der Waals surface area (Å²) in [6.45, 7) is 0.281. The van der Waals surface area contributed by atoms with Gasteiger partial charge in [0.15, 0.2) is 0 Å². The van der Waals surface area contributed by atoms with Crippen LogP contribution >= 0.6 is 0 Å². The highest BCUT2D eigenvalue weighted by Crippen LogP contribution is 2.30. The molecule has 1 aromatic carbocycles. The van der Waals surface area contributed by atoms with Gasteiger partial charge in [-0.25, -0.2) is 4.79 Å². The van der Waals surface area contributed by atoms with Gasteiger partial charge in [0.25, 0.3) is 5.91 Å². The molecule has 0 saturated heterocycles. The molecule has 5 N–H and O–H groups in total. The van der Waals surface area contributed by atoms with Gasteiger partial charge in [-0.15, -0.1) is 0 Å². The lowest BCUT2D eigenvalue weighted by molar-refractivity contribution is 0.0693. The number of nitrogens with one attached hydrogen (secondary N) is 1. The topological polar surface area (TPSA) is 135 Å². The Morgan fingerprint density at radius 1 is 1.40 bits per heavy atom. The number of carbonyl (C=O) groups excluding carboxylic acids is 1. The fraction of sp³-hybridized carbons (Fsp3) is 0.188. The van der Waals surface area contributed by atoms with Crippen LogP contribution in [0.1, 0.15) is 32.0 Å². The average Bonchev–Trinajstić information content (AvgIpc) is 2.61.